The van der Waals surface area contributed by atoms with Crippen LogP contribution in [0.2, 0.25) is 0 Å². The molecule has 0 aliphatic carbocycles. The zero-order valence-electron chi connectivity index (χ0n) is 22.3. The lowest BCUT2D eigenvalue weighted by atomic mass is 9.92. The summed E-state index contributed by atoms with van der Waals surface area (Å²) in [6, 6.07) is 6.57. The van der Waals surface area contributed by atoms with Gasteiger partial charge in [0.1, 0.15) is 6.33 Å². The van der Waals surface area contributed by atoms with Crippen LogP contribution < -0.4 is 5.32 Å². The van der Waals surface area contributed by atoms with E-state index in [0.717, 1.165) is 33.5 Å². The van der Waals surface area contributed by atoms with Gasteiger partial charge in [-0.05, 0) is 68.0 Å². The van der Waals surface area contributed by atoms with Gasteiger partial charge in [-0.25, -0.2) is 9.50 Å². The van der Waals surface area contributed by atoms with E-state index in [2.05, 4.69) is 91.2 Å². The molecule has 4 aromatic rings. The molecule has 190 valence electrons. The molecule has 1 unspecified atom stereocenters. The molecule has 4 heterocycles. The third-order valence-electron chi connectivity index (χ3n) is 7.70. The van der Waals surface area contributed by atoms with Crippen LogP contribution in [-0.4, -0.2) is 62.7 Å². The molecule has 1 fully saturated rings. The zero-order valence-corrected chi connectivity index (χ0v) is 22.3. The van der Waals surface area contributed by atoms with Gasteiger partial charge in [0.2, 0.25) is 5.91 Å². The Kier molecular flexibility index (Phi) is 6.12. The van der Waals surface area contributed by atoms with Crippen molar-refractivity contribution in [1.82, 2.24) is 29.8 Å². The van der Waals surface area contributed by atoms with E-state index in [9.17, 15) is 4.79 Å². The molecule has 1 amide bonds. The third kappa shape index (κ3) is 4.08. The summed E-state index contributed by atoms with van der Waals surface area (Å²) in [4.78, 5) is 22.5. The van der Waals surface area contributed by atoms with Crippen LogP contribution >= 0.6 is 0 Å². The molecule has 36 heavy (non-hydrogen) atoms. The number of likely N-dealkylation sites (N-methyl/N-ethyl adjacent to an activating group) is 1. The van der Waals surface area contributed by atoms with Crippen molar-refractivity contribution >= 4 is 22.5 Å². The van der Waals surface area contributed by atoms with Gasteiger partial charge in [0.05, 0.1) is 24.9 Å². The number of benzene rings is 1. The second kappa shape index (κ2) is 9.01. The topological polar surface area (TPSA) is 87.6 Å². The Morgan fingerprint density at radius 3 is 2.78 bits per heavy atom. The van der Waals surface area contributed by atoms with E-state index >= 15 is 0 Å². The highest BCUT2D eigenvalue weighted by Gasteiger charge is 2.36. The van der Waals surface area contributed by atoms with Crippen LogP contribution in [0.1, 0.15) is 62.0 Å². The first kappa shape index (κ1) is 24.5. The number of rotatable bonds is 5. The van der Waals surface area contributed by atoms with E-state index in [4.69, 9.17) is 4.74 Å². The van der Waals surface area contributed by atoms with Crippen molar-refractivity contribution < 1.29 is 9.53 Å². The Morgan fingerprint density at radius 2 is 2.06 bits per heavy atom. The SMILES string of the molecule is CNC(=O)CN1CC(c2ccc3[nH]c(-c4cn5ncnc5c(C)c4C)c(C(C)C)c3c2)OCC1(C)C. The summed E-state index contributed by atoms with van der Waals surface area (Å²) in [6.07, 6.45) is 3.58. The van der Waals surface area contributed by atoms with Crippen molar-refractivity contribution in [2.24, 2.45) is 0 Å². The van der Waals surface area contributed by atoms with Crippen LogP contribution in [0.25, 0.3) is 27.8 Å². The van der Waals surface area contributed by atoms with Crippen LogP contribution in [0.5, 0.6) is 0 Å². The van der Waals surface area contributed by atoms with E-state index in [1.165, 1.54) is 16.5 Å². The second-order valence-corrected chi connectivity index (χ2v) is 10.9. The molecule has 1 aromatic carbocycles. The van der Waals surface area contributed by atoms with Gasteiger partial charge in [-0.15, -0.1) is 0 Å². The lowest BCUT2D eigenvalue weighted by molar-refractivity contribution is -0.132. The molecule has 8 heteroatoms. The number of morpholine rings is 1. The maximum atomic E-state index is 12.2. The van der Waals surface area contributed by atoms with Crippen molar-refractivity contribution in [2.75, 3.05) is 26.7 Å². The van der Waals surface area contributed by atoms with Crippen molar-refractivity contribution in [1.29, 1.82) is 0 Å². The molecular weight excluding hydrogens is 452 g/mol. The molecule has 8 nitrogen and oxygen atoms in total. The Bertz CT molecular complexity index is 1450. The predicted octanol–water partition coefficient (Wildman–Crippen LogP) is 4.52. The van der Waals surface area contributed by atoms with Crippen LogP contribution in [0.4, 0.5) is 0 Å². The van der Waals surface area contributed by atoms with E-state index < -0.39 is 0 Å². The van der Waals surface area contributed by atoms with E-state index in [1.54, 1.807) is 13.4 Å². The van der Waals surface area contributed by atoms with Gasteiger partial charge in [-0.1, -0.05) is 19.9 Å². The number of aromatic amines is 1. The largest absolute Gasteiger partial charge is 0.370 e. The highest BCUT2D eigenvalue weighted by atomic mass is 16.5. The highest BCUT2D eigenvalue weighted by molar-refractivity contribution is 5.92. The number of nitrogens with zero attached hydrogens (tertiary/aromatic N) is 4. The monoisotopic (exact) mass is 488 g/mol. The molecule has 1 aliphatic rings. The van der Waals surface area contributed by atoms with Gasteiger partial charge in [0.25, 0.3) is 0 Å². The number of amides is 1. The van der Waals surface area contributed by atoms with Gasteiger partial charge >= 0.3 is 0 Å². The molecule has 0 saturated carbocycles. The number of aryl methyl sites for hydroxylation is 1. The van der Waals surface area contributed by atoms with Crippen molar-refractivity contribution in [3.63, 3.8) is 0 Å². The smallest absolute Gasteiger partial charge is 0.233 e. The van der Waals surface area contributed by atoms with E-state index in [0.29, 0.717) is 25.6 Å². The Balaban J connectivity index is 1.58. The van der Waals surface area contributed by atoms with Gasteiger partial charge in [-0.3, -0.25) is 9.69 Å². The molecule has 1 aliphatic heterocycles. The molecule has 5 rings (SSSR count). The molecular formula is C28H36N6O2. The first-order valence-corrected chi connectivity index (χ1v) is 12.6. The van der Waals surface area contributed by atoms with Crippen molar-refractivity contribution in [2.45, 2.75) is 59.1 Å². The van der Waals surface area contributed by atoms with Crippen molar-refractivity contribution in [3.05, 3.63) is 53.0 Å². The first-order chi connectivity index (χ1) is 17.1. The van der Waals surface area contributed by atoms with Gasteiger partial charge < -0.3 is 15.0 Å². The third-order valence-corrected chi connectivity index (χ3v) is 7.70. The summed E-state index contributed by atoms with van der Waals surface area (Å²) in [5.41, 5.74) is 8.80. The summed E-state index contributed by atoms with van der Waals surface area (Å²) >= 11 is 0. The second-order valence-electron chi connectivity index (χ2n) is 10.9. The fourth-order valence-electron chi connectivity index (χ4n) is 5.33. The summed E-state index contributed by atoms with van der Waals surface area (Å²) in [5.74, 6) is 0.331. The summed E-state index contributed by atoms with van der Waals surface area (Å²) < 4.78 is 8.20. The van der Waals surface area contributed by atoms with E-state index in [1.807, 2.05) is 4.52 Å². The van der Waals surface area contributed by atoms with Crippen LogP contribution in [-0.2, 0) is 9.53 Å². The zero-order chi connectivity index (χ0) is 25.8. The highest BCUT2D eigenvalue weighted by Crippen LogP contribution is 2.39. The number of pyridine rings is 1. The minimum Gasteiger partial charge on any atom is -0.370 e. The lowest BCUT2D eigenvalue weighted by Gasteiger charge is -2.45. The van der Waals surface area contributed by atoms with Crippen LogP contribution in [0, 0.1) is 13.8 Å². The van der Waals surface area contributed by atoms with Crippen LogP contribution in [0.15, 0.2) is 30.7 Å². The standard InChI is InChI=1S/C28H36N6O2/c1-16(2)25-20-10-19(23-12-33(13-24(35)29-7)28(5,6)14-36-23)8-9-22(20)32-26(25)21-11-34-27(30-15-31-34)18(4)17(21)3/h8-11,15-16,23,32H,12-14H2,1-7H3,(H,29,35). The average molecular weight is 489 g/mol. The maximum Gasteiger partial charge on any atom is 0.233 e. The molecule has 0 spiro atoms. The number of aromatic nitrogens is 4. The summed E-state index contributed by atoms with van der Waals surface area (Å²) in [6.45, 7) is 14.6. The average Bonchev–Trinajstić information content (AvgIpc) is 3.46. The normalized spacial score (nSPS) is 18.4. The number of hydrogen-bond acceptors (Lipinski definition) is 5. The number of fused-ring (bicyclic) bond motifs is 2. The molecule has 1 saturated heterocycles. The Hall–Kier alpha value is -3.23. The number of H-pyrrole nitrogens is 1. The van der Waals surface area contributed by atoms with Gasteiger partial charge in [-0.2, -0.15) is 5.10 Å². The van der Waals surface area contributed by atoms with Gasteiger partial charge in [0, 0.05) is 41.8 Å². The lowest BCUT2D eigenvalue weighted by Crippen LogP contribution is -2.56. The fraction of sp³-hybridized carbons (Fsp3) is 0.464. The Labute approximate surface area is 212 Å². The molecule has 1 atom stereocenters. The molecule has 0 radical (unpaired) electrons. The number of carbonyl (C=O) groups is 1. The van der Waals surface area contributed by atoms with E-state index in [-0.39, 0.29) is 17.6 Å². The predicted molar refractivity (Wildman–Crippen MR) is 142 cm³/mol. The molecule has 0 bridgehead atoms. The summed E-state index contributed by atoms with van der Waals surface area (Å²) in [5, 5.41) is 8.36. The molecule has 3 aromatic heterocycles. The minimum absolute atomic E-state index is 0.0200. The molecule has 2 N–H and O–H groups in total. The fourth-order valence-corrected chi connectivity index (χ4v) is 5.33. The van der Waals surface area contributed by atoms with Gasteiger partial charge in [0.15, 0.2) is 5.65 Å². The van der Waals surface area contributed by atoms with Crippen molar-refractivity contribution in [3.8, 4) is 11.3 Å². The first-order valence-electron chi connectivity index (χ1n) is 12.6. The summed E-state index contributed by atoms with van der Waals surface area (Å²) in [7, 11) is 1.68. The quantitative estimate of drug-likeness (QED) is 0.431. The van der Waals surface area contributed by atoms with Crippen LogP contribution in [0.3, 0.4) is 0 Å². The maximum absolute atomic E-state index is 12.2. The Morgan fingerprint density at radius 1 is 1.28 bits per heavy atom. The number of ether oxygens (including phenoxy) is 1. The minimum atomic E-state index is -0.202. The number of carbonyl (C=O) groups excluding carboxylic acids is 1. The number of hydrogen-bond donors (Lipinski definition) is 2. The number of nitrogens with one attached hydrogen (secondary N) is 2.